The first kappa shape index (κ1) is 20.3. The molecule has 0 saturated heterocycles. The molecule has 1 aliphatic heterocycles. The van der Waals surface area contributed by atoms with Gasteiger partial charge < -0.3 is 30.0 Å². The van der Waals surface area contributed by atoms with Crippen molar-refractivity contribution >= 4 is 28.2 Å². The van der Waals surface area contributed by atoms with Gasteiger partial charge in [-0.05, 0) is 19.3 Å². The van der Waals surface area contributed by atoms with Crippen LogP contribution in [0.25, 0.3) is 10.9 Å². The summed E-state index contributed by atoms with van der Waals surface area (Å²) in [6, 6.07) is 0. The van der Waals surface area contributed by atoms with Crippen LogP contribution in [0.2, 0.25) is 0 Å². The summed E-state index contributed by atoms with van der Waals surface area (Å²) in [4.78, 5) is 28.7. The van der Waals surface area contributed by atoms with E-state index in [9.17, 15) is 14.7 Å². The number of carboxylic acids is 1. The van der Waals surface area contributed by atoms with Crippen LogP contribution in [0.5, 0.6) is 5.75 Å². The number of nitrogens with zero attached hydrogens (tertiary/aromatic N) is 3. The zero-order valence-corrected chi connectivity index (χ0v) is 17.4. The summed E-state index contributed by atoms with van der Waals surface area (Å²) in [5.41, 5.74) is 4.51. The summed E-state index contributed by atoms with van der Waals surface area (Å²) in [7, 11) is 0. The number of carboxylic acid groups (broad SMARTS) is 1. The third-order valence-electron chi connectivity index (χ3n) is 6.59. The maximum Gasteiger partial charge on any atom is 0.341 e. The molecule has 1 aromatic carbocycles. The first-order chi connectivity index (χ1) is 15.4. The van der Waals surface area contributed by atoms with Crippen molar-refractivity contribution in [1.29, 1.82) is 0 Å². The zero-order chi connectivity index (χ0) is 22.5. The first-order valence-electron chi connectivity index (χ1n) is 10.7. The number of aromatic carboxylic acids is 1. The fraction of sp³-hybridized carbons (Fsp3) is 0.409. The molecule has 1 spiro atoms. The number of aryl methyl sites for hydroxylation is 1. The van der Waals surface area contributed by atoms with Gasteiger partial charge in [0.2, 0.25) is 5.43 Å². The number of nitrogens with two attached hydrogens (primary N) is 1. The second kappa shape index (κ2) is 7.54. The molecule has 0 bridgehead atoms. The summed E-state index contributed by atoms with van der Waals surface area (Å²) in [6.45, 7) is 1.42. The van der Waals surface area contributed by atoms with E-state index in [2.05, 4.69) is 10.3 Å². The lowest BCUT2D eigenvalue weighted by molar-refractivity contribution is 0.0692. The maximum absolute atomic E-state index is 15.3. The minimum atomic E-state index is -1.36. The summed E-state index contributed by atoms with van der Waals surface area (Å²) >= 11 is 0. The lowest BCUT2D eigenvalue weighted by Crippen LogP contribution is -2.42. The Balaban J connectivity index is 1.63. The second-order valence-corrected chi connectivity index (χ2v) is 8.50. The molecule has 2 aliphatic rings. The Bertz CT molecular complexity index is 1260. The molecule has 0 amide bonds. The summed E-state index contributed by atoms with van der Waals surface area (Å²) < 4.78 is 25.1. The van der Waals surface area contributed by atoms with Crippen LogP contribution < -0.4 is 21.2 Å². The highest BCUT2D eigenvalue weighted by Gasteiger charge is 2.43. The van der Waals surface area contributed by atoms with E-state index in [-0.39, 0.29) is 29.1 Å². The Labute approximate surface area is 182 Å². The van der Waals surface area contributed by atoms with Gasteiger partial charge in [-0.3, -0.25) is 4.79 Å². The van der Waals surface area contributed by atoms with Crippen LogP contribution in [0.3, 0.4) is 0 Å². The summed E-state index contributed by atoms with van der Waals surface area (Å²) in [5.74, 6) is -1.95. The van der Waals surface area contributed by atoms with Gasteiger partial charge in [-0.15, -0.1) is 0 Å². The number of hydrogen-bond acceptors (Lipinski definition) is 6. The van der Waals surface area contributed by atoms with Crippen LogP contribution in [0.15, 0.2) is 29.7 Å². The highest BCUT2D eigenvalue weighted by atomic mass is 19.1. The minimum absolute atomic E-state index is 0.102. The van der Waals surface area contributed by atoms with E-state index in [4.69, 9.17) is 10.5 Å². The molecule has 32 heavy (non-hydrogen) atoms. The van der Waals surface area contributed by atoms with Gasteiger partial charge in [0.05, 0.1) is 28.5 Å². The lowest BCUT2D eigenvalue weighted by Gasteiger charge is -2.39. The molecule has 9 nitrogen and oxygen atoms in total. The van der Waals surface area contributed by atoms with E-state index in [1.54, 1.807) is 12.5 Å². The van der Waals surface area contributed by atoms with Gasteiger partial charge in [0, 0.05) is 31.7 Å². The summed E-state index contributed by atoms with van der Waals surface area (Å²) in [5, 5.41) is 12.5. The lowest BCUT2D eigenvalue weighted by atomic mass is 9.93. The predicted octanol–water partition coefficient (Wildman–Crippen LogP) is 2.78. The molecule has 0 atom stereocenters. The maximum atomic E-state index is 15.3. The number of nitrogen functional groups attached to an aromatic ring is 1. The fourth-order valence-electron chi connectivity index (χ4n) is 4.96. The van der Waals surface area contributed by atoms with E-state index in [1.807, 2.05) is 15.3 Å². The fourth-order valence-corrected chi connectivity index (χ4v) is 4.96. The van der Waals surface area contributed by atoms with Crippen molar-refractivity contribution in [3.05, 3.63) is 46.5 Å². The molecule has 3 aromatic rings. The number of fused-ring (bicyclic) bond motifs is 1. The Morgan fingerprint density at radius 1 is 1.38 bits per heavy atom. The van der Waals surface area contributed by atoms with Crippen molar-refractivity contribution in [2.45, 2.75) is 44.2 Å². The standard InChI is InChI=1S/C22H24FN5O4/c23-15-16(24)14-18-20(17(15)26-6-3-8-27-9-7-25-12-27)32-11-22(4-1-2-5-22)28(18)10-13(19(14)29)21(30)31/h7,9-10,12,26H,1-6,8,11,24H2,(H,30,31). The number of aromatic nitrogens is 3. The van der Waals surface area contributed by atoms with Gasteiger partial charge in [-0.1, -0.05) is 12.8 Å². The van der Waals surface area contributed by atoms with Gasteiger partial charge in [0.1, 0.15) is 17.9 Å². The van der Waals surface area contributed by atoms with Crippen LogP contribution >= 0.6 is 0 Å². The molecule has 4 N–H and O–H groups in total. The number of halogens is 1. The SMILES string of the molecule is Nc1c(F)c(NCCCn2ccnc2)c2c3c1c(=O)c(C(=O)O)cn3C1(CCCC1)CO2. The third-order valence-corrected chi connectivity index (χ3v) is 6.59. The van der Waals surface area contributed by atoms with Crippen molar-refractivity contribution in [3.63, 3.8) is 0 Å². The van der Waals surface area contributed by atoms with Gasteiger partial charge in [-0.25, -0.2) is 14.2 Å². The average molecular weight is 441 g/mol. The molecule has 3 heterocycles. The van der Waals surface area contributed by atoms with Crippen molar-refractivity contribution in [3.8, 4) is 5.75 Å². The molecule has 0 unspecified atom stereocenters. The highest BCUT2D eigenvalue weighted by Crippen LogP contribution is 2.48. The Kier molecular flexibility index (Phi) is 4.79. The van der Waals surface area contributed by atoms with Crippen LogP contribution in [0.4, 0.5) is 15.8 Å². The molecule has 168 valence electrons. The number of nitrogens with one attached hydrogen (secondary N) is 1. The predicted molar refractivity (Wildman–Crippen MR) is 117 cm³/mol. The second-order valence-electron chi connectivity index (χ2n) is 8.50. The van der Waals surface area contributed by atoms with Gasteiger partial charge in [-0.2, -0.15) is 0 Å². The number of benzene rings is 1. The molecule has 1 aliphatic carbocycles. The molecule has 1 saturated carbocycles. The van der Waals surface area contributed by atoms with Crippen molar-refractivity contribution in [1.82, 2.24) is 14.1 Å². The zero-order valence-electron chi connectivity index (χ0n) is 17.4. The van der Waals surface area contributed by atoms with E-state index >= 15 is 4.39 Å². The van der Waals surface area contributed by atoms with Crippen LogP contribution in [-0.4, -0.2) is 38.3 Å². The normalized spacial score (nSPS) is 16.4. The largest absolute Gasteiger partial charge is 0.487 e. The van der Waals surface area contributed by atoms with Gasteiger partial charge >= 0.3 is 5.97 Å². The number of imidazole rings is 1. The molecule has 1 fully saturated rings. The van der Waals surface area contributed by atoms with Crippen molar-refractivity contribution in [2.24, 2.45) is 0 Å². The van der Waals surface area contributed by atoms with E-state index in [1.165, 1.54) is 6.20 Å². The van der Waals surface area contributed by atoms with Crippen LogP contribution in [0, 0.1) is 5.82 Å². The number of hydrogen-bond donors (Lipinski definition) is 3. The Morgan fingerprint density at radius 2 is 2.16 bits per heavy atom. The smallest absolute Gasteiger partial charge is 0.341 e. The van der Waals surface area contributed by atoms with E-state index in [0.717, 1.165) is 25.7 Å². The number of pyridine rings is 1. The molecular weight excluding hydrogens is 417 g/mol. The summed E-state index contributed by atoms with van der Waals surface area (Å²) in [6.07, 6.45) is 10.8. The molecule has 2 aromatic heterocycles. The van der Waals surface area contributed by atoms with Crippen molar-refractivity contribution in [2.75, 3.05) is 24.2 Å². The number of rotatable bonds is 6. The topological polar surface area (TPSA) is 124 Å². The molecule has 0 radical (unpaired) electrons. The molecule has 10 heteroatoms. The quantitative estimate of drug-likeness (QED) is 0.397. The molecule has 5 rings (SSSR count). The van der Waals surface area contributed by atoms with Crippen LogP contribution in [0.1, 0.15) is 42.5 Å². The Morgan fingerprint density at radius 3 is 2.84 bits per heavy atom. The van der Waals surface area contributed by atoms with Gasteiger partial charge in [0.15, 0.2) is 11.6 Å². The number of anilines is 2. The van der Waals surface area contributed by atoms with E-state index < -0.39 is 28.3 Å². The Hall–Kier alpha value is -3.56. The first-order valence-corrected chi connectivity index (χ1v) is 10.7. The number of ether oxygens (including phenoxy) is 1. The monoisotopic (exact) mass is 441 g/mol. The average Bonchev–Trinajstić information content (AvgIpc) is 3.46. The van der Waals surface area contributed by atoms with Crippen LogP contribution in [-0.2, 0) is 12.1 Å². The third kappa shape index (κ3) is 3.01. The highest BCUT2D eigenvalue weighted by molar-refractivity contribution is 6.03. The number of carbonyl (C=O) groups is 1. The minimum Gasteiger partial charge on any atom is -0.487 e. The van der Waals surface area contributed by atoms with E-state index in [0.29, 0.717) is 25.0 Å². The van der Waals surface area contributed by atoms with Crippen molar-refractivity contribution < 1.29 is 19.0 Å². The molecular formula is C22H24FN5O4. The van der Waals surface area contributed by atoms with Gasteiger partial charge in [0.25, 0.3) is 0 Å².